The molecule has 3 aromatic rings. The number of nitrogens with zero attached hydrogens (tertiary/aromatic N) is 3. The number of hydrogen-bond donors (Lipinski definition) is 1. The Kier molecular flexibility index (Phi) is 5.90. The van der Waals surface area contributed by atoms with Gasteiger partial charge in [0.2, 0.25) is 5.91 Å². The van der Waals surface area contributed by atoms with Gasteiger partial charge < -0.3 is 9.88 Å². The van der Waals surface area contributed by atoms with Gasteiger partial charge >= 0.3 is 6.18 Å². The molecular weight excluding hydrogens is 389 g/mol. The van der Waals surface area contributed by atoms with E-state index < -0.39 is 11.7 Å². The monoisotopic (exact) mass is 404 g/mol. The minimum Gasteiger partial charge on any atom is -0.325 e. The lowest BCUT2D eigenvalue weighted by molar-refractivity contribution is -0.137. The van der Waals surface area contributed by atoms with Gasteiger partial charge in [-0.25, -0.2) is 4.98 Å². The molecule has 0 aliphatic rings. The number of benzene rings is 2. The number of nitrogens with one attached hydrogen (secondary N) is 1. The third-order valence-electron chi connectivity index (χ3n) is 3.90. The molecular formula is C19H15F3N4OS. The summed E-state index contributed by atoms with van der Waals surface area (Å²) in [5.74, 6) is -0.319. The average Bonchev–Trinajstić information content (AvgIpc) is 3.02. The van der Waals surface area contributed by atoms with E-state index in [1.54, 1.807) is 0 Å². The van der Waals surface area contributed by atoms with Crippen molar-refractivity contribution in [3.05, 3.63) is 54.1 Å². The Bertz CT molecular complexity index is 1020. The van der Waals surface area contributed by atoms with Gasteiger partial charge in [0.05, 0.1) is 34.8 Å². The summed E-state index contributed by atoms with van der Waals surface area (Å²) >= 11 is 1.21. The van der Waals surface area contributed by atoms with Gasteiger partial charge in [-0.15, -0.1) is 0 Å². The molecule has 0 fully saturated rings. The lowest BCUT2D eigenvalue weighted by Gasteiger charge is -2.09. The van der Waals surface area contributed by atoms with Crippen LogP contribution in [0.3, 0.4) is 0 Å². The summed E-state index contributed by atoms with van der Waals surface area (Å²) in [6.07, 6.45) is -4.10. The highest BCUT2D eigenvalue weighted by Crippen LogP contribution is 2.30. The number of alkyl halides is 3. The number of fused-ring (bicyclic) bond motifs is 1. The maximum absolute atomic E-state index is 12.6. The van der Waals surface area contributed by atoms with E-state index in [9.17, 15) is 18.0 Å². The highest BCUT2D eigenvalue weighted by molar-refractivity contribution is 7.99. The number of carbonyl (C=O) groups is 1. The second kappa shape index (κ2) is 8.35. The van der Waals surface area contributed by atoms with Crippen molar-refractivity contribution in [1.29, 1.82) is 5.26 Å². The Labute approximate surface area is 163 Å². The summed E-state index contributed by atoms with van der Waals surface area (Å²) in [6.45, 7) is 0.458. The number of rotatable bonds is 6. The zero-order valence-corrected chi connectivity index (χ0v) is 15.3. The van der Waals surface area contributed by atoms with Gasteiger partial charge in [0, 0.05) is 12.2 Å². The first kappa shape index (κ1) is 19.8. The van der Waals surface area contributed by atoms with Gasteiger partial charge in [0.25, 0.3) is 0 Å². The molecule has 0 radical (unpaired) electrons. The van der Waals surface area contributed by atoms with Crippen LogP contribution in [0.25, 0.3) is 11.0 Å². The van der Waals surface area contributed by atoms with Crippen LogP contribution in [0.1, 0.15) is 12.0 Å². The number of amides is 1. The van der Waals surface area contributed by atoms with Crippen LogP contribution in [0.5, 0.6) is 0 Å². The third kappa shape index (κ3) is 4.64. The van der Waals surface area contributed by atoms with E-state index in [1.807, 2.05) is 28.8 Å². The third-order valence-corrected chi connectivity index (χ3v) is 4.87. The predicted molar refractivity (Wildman–Crippen MR) is 101 cm³/mol. The van der Waals surface area contributed by atoms with Crippen LogP contribution < -0.4 is 5.32 Å². The lowest BCUT2D eigenvalue weighted by atomic mass is 10.2. The Balaban J connectivity index is 1.67. The first-order valence-electron chi connectivity index (χ1n) is 8.30. The Hall–Kier alpha value is -2.99. The molecule has 0 saturated heterocycles. The van der Waals surface area contributed by atoms with Gasteiger partial charge in [-0.3, -0.25) is 4.79 Å². The maximum Gasteiger partial charge on any atom is 0.416 e. The molecule has 2 aromatic carbocycles. The second-order valence-corrected chi connectivity index (χ2v) is 6.80. The fraction of sp³-hybridized carbons (Fsp3) is 0.211. The summed E-state index contributed by atoms with van der Waals surface area (Å²) in [7, 11) is 0. The van der Waals surface area contributed by atoms with Crippen LogP contribution in [0, 0.1) is 11.3 Å². The zero-order chi connectivity index (χ0) is 20.1. The van der Waals surface area contributed by atoms with Crippen LogP contribution >= 0.6 is 11.8 Å². The SMILES string of the molecule is N#CCCn1c(SCC(=O)Nc2ccc(C(F)(F)F)cc2)nc2ccccc21. The maximum atomic E-state index is 12.6. The number of imidazole rings is 1. The molecule has 0 aliphatic heterocycles. The van der Waals surface area contributed by atoms with E-state index in [0.717, 1.165) is 23.2 Å². The molecule has 5 nitrogen and oxygen atoms in total. The standard InChI is InChI=1S/C19H15F3N4OS/c20-19(21,22)13-6-8-14(9-7-13)24-17(27)12-28-18-25-15-4-1-2-5-16(15)26(18)11-3-10-23/h1-2,4-9H,3,11-12H2,(H,24,27). The molecule has 0 aliphatic carbocycles. The van der Waals surface area contributed by atoms with E-state index >= 15 is 0 Å². The highest BCUT2D eigenvalue weighted by Gasteiger charge is 2.30. The predicted octanol–water partition coefficient (Wildman–Crippen LogP) is 4.70. The summed E-state index contributed by atoms with van der Waals surface area (Å²) < 4.78 is 39.6. The Morgan fingerprint density at radius 2 is 1.89 bits per heavy atom. The van der Waals surface area contributed by atoms with Gasteiger partial charge in [0.15, 0.2) is 5.16 Å². The van der Waals surface area contributed by atoms with E-state index in [-0.39, 0.29) is 17.3 Å². The molecule has 1 aromatic heterocycles. The number of carbonyl (C=O) groups excluding carboxylic acids is 1. The molecule has 0 spiro atoms. The van der Waals surface area contributed by atoms with Crippen molar-refractivity contribution >= 4 is 34.4 Å². The second-order valence-electron chi connectivity index (χ2n) is 5.85. The molecule has 9 heteroatoms. The van der Waals surface area contributed by atoms with Crippen LogP contribution in [0.2, 0.25) is 0 Å². The minimum absolute atomic E-state index is 0.0386. The molecule has 3 rings (SSSR count). The Morgan fingerprint density at radius 3 is 2.57 bits per heavy atom. The number of hydrogen-bond acceptors (Lipinski definition) is 4. The van der Waals surface area contributed by atoms with Crippen LogP contribution in [0.4, 0.5) is 18.9 Å². The average molecular weight is 404 g/mol. The number of aryl methyl sites for hydroxylation is 1. The normalized spacial score (nSPS) is 11.4. The van der Waals surface area contributed by atoms with Gasteiger partial charge in [0.1, 0.15) is 0 Å². The Morgan fingerprint density at radius 1 is 1.18 bits per heavy atom. The van der Waals surface area contributed by atoms with Crippen molar-refractivity contribution in [1.82, 2.24) is 9.55 Å². The molecule has 28 heavy (non-hydrogen) atoms. The molecule has 0 bridgehead atoms. The molecule has 1 heterocycles. The number of aromatic nitrogens is 2. The summed E-state index contributed by atoms with van der Waals surface area (Å²) in [4.78, 5) is 16.7. The number of thioether (sulfide) groups is 1. The van der Waals surface area contributed by atoms with Crippen molar-refractivity contribution in [2.45, 2.75) is 24.3 Å². The lowest BCUT2D eigenvalue weighted by Crippen LogP contribution is -2.15. The zero-order valence-electron chi connectivity index (χ0n) is 14.5. The van der Waals surface area contributed by atoms with Gasteiger partial charge in [-0.1, -0.05) is 23.9 Å². The van der Waals surface area contributed by atoms with Crippen LogP contribution in [-0.2, 0) is 17.5 Å². The van der Waals surface area contributed by atoms with Gasteiger partial charge in [-0.2, -0.15) is 18.4 Å². The number of halogens is 3. The topological polar surface area (TPSA) is 70.7 Å². The van der Waals surface area contributed by atoms with Crippen molar-refractivity contribution in [2.24, 2.45) is 0 Å². The first-order valence-corrected chi connectivity index (χ1v) is 9.29. The molecule has 0 atom stereocenters. The molecule has 144 valence electrons. The van der Waals surface area contributed by atoms with E-state index in [0.29, 0.717) is 18.1 Å². The minimum atomic E-state index is -4.42. The van der Waals surface area contributed by atoms with Crippen LogP contribution in [0.15, 0.2) is 53.7 Å². The molecule has 0 saturated carbocycles. The highest BCUT2D eigenvalue weighted by atomic mass is 32.2. The van der Waals surface area contributed by atoms with Crippen molar-refractivity contribution in [3.8, 4) is 6.07 Å². The first-order chi connectivity index (χ1) is 13.4. The molecule has 1 N–H and O–H groups in total. The van der Waals surface area contributed by atoms with Crippen molar-refractivity contribution in [2.75, 3.05) is 11.1 Å². The molecule has 0 unspecified atom stereocenters. The number of nitriles is 1. The van der Waals surface area contributed by atoms with Crippen molar-refractivity contribution in [3.63, 3.8) is 0 Å². The van der Waals surface area contributed by atoms with E-state index in [1.165, 1.54) is 23.9 Å². The largest absolute Gasteiger partial charge is 0.416 e. The number of para-hydroxylation sites is 2. The van der Waals surface area contributed by atoms with E-state index in [4.69, 9.17) is 5.26 Å². The van der Waals surface area contributed by atoms with Crippen LogP contribution in [-0.4, -0.2) is 21.2 Å². The summed E-state index contributed by atoms with van der Waals surface area (Å²) in [5, 5.41) is 12.0. The fourth-order valence-corrected chi connectivity index (χ4v) is 3.45. The quantitative estimate of drug-likeness (QED) is 0.605. The van der Waals surface area contributed by atoms with Crippen molar-refractivity contribution < 1.29 is 18.0 Å². The fourth-order valence-electron chi connectivity index (χ4n) is 2.61. The smallest absolute Gasteiger partial charge is 0.325 e. The number of anilines is 1. The summed E-state index contributed by atoms with van der Waals surface area (Å²) in [6, 6.07) is 13.8. The van der Waals surface area contributed by atoms with E-state index in [2.05, 4.69) is 16.4 Å². The van der Waals surface area contributed by atoms with Gasteiger partial charge in [-0.05, 0) is 36.4 Å². The molecule has 1 amide bonds. The summed E-state index contributed by atoms with van der Waals surface area (Å²) in [5.41, 5.74) is 1.16.